The fraction of sp³-hybridized carbons (Fsp3) is 0.120. The van der Waals surface area contributed by atoms with E-state index in [1.54, 1.807) is 38.5 Å². The van der Waals surface area contributed by atoms with Crippen LogP contribution in [0.15, 0.2) is 82.4 Å². The van der Waals surface area contributed by atoms with Crippen LogP contribution in [0.1, 0.15) is 16.7 Å². The monoisotopic (exact) mass is 495 g/mol. The third kappa shape index (κ3) is 6.72. The van der Waals surface area contributed by atoms with Gasteiger partial charge in [-0.15, -0.1) is 0 Å². The van der Waals surface area contributed by atoms with Crippen LogP contribution in [0.3, 0.4) is 0 Å². The van der Waals surface area contributed by atoms with E-state index in [1.165, 1.54) is 12.3 Å². The Balaban J connectivity index is 1.58. The van der Waals surface area contributed by atoms with Gasteiger partial charge >= 0.3 is 5.97 Å². The average molecular weight is 496 g/mol. The van der Waals surface area contributed by atoms with Gasteiger partial charge in [-0.05, 0) is 53.6 Å². The molecule has 0 aliphatic carbocycles. The zero-order chi connectivity index (χ0) is 22.8. The Kier molecular flexibility index (Phi) is 8.45. The highest BCUT2D eigenvalue weighted by molar-refractivity contribution is 9.10. The molecule has 0 saturated heterocycles. The minimum Gasteiger partial charge on any atom is -0.493 e. The van der Waals surface area contributed by atoms with E-state index >= 15 is 0 Å². The molecule has 0 aliphatic rings. The topological polar surface area (TPSA) is 66.4 Å². The second-order valence-corrected chi connectivity index (χ2v) is 7.46. The molecule has 0 amide bonds. The molecule has 6 nitrogen and oxygen atoms in total. The van der Waals surface area contributed by atoms with E-state index in [1.807, 2.05) is 48.5 Å². The second kappa shape index (κ2) is 11.7. The molecule has 0 aromatic heterocycles. The summed E-state index contributed by atoms with van der Waals surface area (Å²) in [6, 6.07) is 20.6. The van der Waals surface area contributed by atoms with Crippen molar-refractivity contribution in [2.24, 2.45) is 5.16 Å². The normalized spacial score (nSPS) is 11.0. The molecule has 0 heterocycles. The average Bonchev–Trinajstić information content (AvgIpc) is 2.83. The Morgan fingerprint density at radius 3 is 2.44 bits per heavy atom. The molecule has 0 atom stereocenters. The van der Waals surface area contributed by atoms with Crippen LogP contribution in [0.25, 0.3) is 6.08 Å². The van der Waals surface area contributed by atoms with Crippen LogP contribution in [0.2, 0.25) is 0 Å². The molecule has 0 bridgehead atoms. The van der Waals surface area contributed by atoms with Crippen LogP contribution in [0.4, 0.5) is 0 Å². The minimum absolute atomic E-state index is 0.409. The van der Waals surface area contributed by atoms with Crippen molar-refractivity contribution in [2.45, 2.75) is 6.61 Å². The second-order valence-electron chi connectivity index (χ2n) is 6.55. The zero-order valence-electron chi connectivity index (χ0n) is 17.7. The Hall–Kier alpha value is -3.58. The number of nitrogens with zero attached hydrogens (tertiary/aromatic N) is 1. The van der Waals surface area contributed by atoms with E-state index in [-0.39, 0.29) is 0 Å². The summed E-state index contributed by atoms with van der Waals surface area (Å²) < 4.78 is 17.3. The highest BCUT2D eigenvalue weighted by atomic mass is 79.9. The first-order valence-electron chi connectivity index (χ1n) is 9.70. The van der Waals surface area contributed by atoms with E-state index in [4.69, 9.17) is 19.0 Å². The molecular formula is C25H22BrNO5. The first kappa shape index (κ1) is 23.1. The van der Waals surface area contributed by atoms with Crippen LogP contribution in [0.5, 0.6) is 17.2 Å². The Morgan fingerprint density at radius 2 is 1.69 bits per heavy atom. The molecule has 0 fully saturated rings. The van der Waals surface area contributed by atoms with Crippen molar-refractivity contribution < 1.29 is 23.8 Å². The van der Waals surface area contributed by atoms with Gasteiger partial charge in [-0.1, -0.05) is 51.4 Å². The molecule has 3 rings (SSSR count). The number of oxime groups is 1. The van der Waals surface area contributed by atoms with Gasteiger partial charge < -0.3 is 19.0 Å². The molecule has 3 aromatic rings. The fourth-order valence-corrected chi connectivity index (χ4v) is 3.01. The quantitative estimate of drug-likeness (QED) is 0.166. The third-order valence-corrected chi connectivity index (χ3v) is 4.91. The van der Waals surface area contributed by atoms with E-state index in [0.717, 1.165) is 15.6 Å². The van der Waals surface area contributed by atoms with E-state index in [9.17, 15) is 4.79 Å². The minimum atomic E-state index is -0.607. The lowest BCUT2D eigenvalue weighted by atomic mass is 10.2. The molecule has 0 saturated carbocycles. The maximum atomic E-state index is 12.0. The first-order valence-corrected chi connectivity index (χ1v) is 10.5. The summed E-state index contributed by atoms with van der Waals surface area (Å²) in [7, 11) is 3.11. The number of methoxy groups -OCH3 is 2. The van der Waals surface area contributed by atoms with Gasteiger partial charge in [-0.3, -0.25) is 0 Å². The van der Waals surface area contributed by atoms with Crippen LogP contribution in [-0.4, -0.2) is 26.4 Å². The molecule has 164 valence electrons. The number of rotatable bonds is 9. The van der Waals surface area contributed by atoms with Crippen LogP contribution in [-0.2, 0) is 16.2 Å². The number of carbonyl (C=O) groups excluding carboxylic acids is 1. The highest BCUT2D eigenvalue weighted by Gasteiger charge is 2.05. The number of ether oxygens (including phenoxy) is 3. The molecule has 32 heavy (non-hydrogen) atoms. The van der Waals surface area contributed by atoms with Gasteiger partial charge in [-0.25, -0.2) is 4.79 Å². The lowest BCUT2D eigenvalue weighted by Gasteiger charge is -2.09. The lowest BCUT2D eigenvalue weighted by Crippen LogP contribution is -1.99. The maximum Gasteiger partial charge on any atom is 0.358 e. The van der Waals surface area contributed by atoms with Crippen molar-refractivity contribution in [1.82, 2.24) is 0 Å². The molecule has 0 spiro atoms. The zero-order valence-corrected chi connectivity index (χ0v) is 19.2. The fourth-order valence-electron chi connectivity index (χ4n) is 2.75. The predicted molar refractivity (Wildman–Crippen MR) is 127 cm³/mol. The van der Waals surface area contributed by atoms with Gasteiger partial charge in [0.25, 0.3) is 0 Å². The third-order valence-electron chi connectivity index (χ3n) is 4.38. The molecule has 7 heteroatoms. The molecule has 0 aliphatic heterocycles. The van der Waals surface area contributed by atoms with E-state index in [2.05, 4.69) is 21.1 Å². The van der Waals surface area contributed by atoms with Crippen LogP contribution in [0, 0.1) is 0 Å². The molecule has 0 unspecified atom stereocenters. The number of para-hydroxylation sites is 1. The summed E-state index contributed by atoms with van der Waals surface area (Å²) in [4.78, 5) is 16.9. The first-order chi connectivity index (χ1) is 15.6. The number of hydrogen-bond donors (Lipinski definition) is 0. The van der Waals surface area contributed by atoms with Gasteiger partial charge in [0.1, 0.15) is 12.4 Å². The van der Waals surface area contributed by atoms with Crippen molar-refractivity contribution in [3.05, 3.63) is 94.0 Å². The Bertz CT molecular complexity index is 1110. The summed E-state index contributed by atoms with van der Waals surface area (Å²) in [5.74, 6) is 1.21. The van der Waals surface area contributed by atoms with E-state index in [0.29, 0.717) is 29.4 Å². The highest BCUT2D eigenvalue weighted by Crippen LogP contribution is 2.28. The van der Waals surface area contributed by atoms with Gasteiger partial charge in [0, 0.05) is 16.1 Å². The van der Waals surface area contributed by atoms with Gasteiger partial charge in [0.2, 0.25) is 0 Å². The van der Waals surface area contributed by atoms with Crippen LogP contribution >= 0.6 is 15.9 Å². The van der Waals surface area contributed by atoms with Gasteiger partial charge in [0.15, 0.2) is 11.5 Å². The summed E-state index contributed by atoms with van der Waals surface area (Å²) >= 11 is 3.41. The van der Waals surface area contributed by atoms with Crippen molar-refractivity contribution >= 4 is 34.2 Å². The smallest absolute Gasteiger partial charge is 0.358 e. The number of benzene rings is 3. The number of halogens is 1. The van der Waals surface area contributed by atoms with Gasteiger partial charge in [-0.2, -0.15) is 0 Å². The molecule has 0 N–H and O–H groups in total. The van der Waals surface area contributed by atoms with Crippen LogP contribution < -0.4 is 14.2 Å². The van der Waals surface area contributed by atoms with Crippen molar-refractivity contribution in [2.75, 3.05) is 14.2 Å². The molecular weight excluding hydrogens is 474 g/mol. The van der Waals surface area contributed by atoms with E-state index < -0.39 is 5.97 Å². The van der Waals surface area contributed by atoms with Crippen molar-refractivity contribution in [3.63, 3.8) is 0 Å². The number of hydrogen-bond acceptors (Lipinski definition) is 6. The largest absolute Gasteiger partial charge is 0.493 e. The standard InChI is InChI=1S/C25H22BrNO5/c1-29-23-13-9-18(15-24(23)30-2)10-14-25(28)32-27-16-20-5-3-4-6-22(20)31-17-19-7-11-21(26)12-8-19/h3-16H,17H2,1-2H3/b14-10-,27-16?. The molecule has 3 aromatic carbocycles. The predicted octanol–water partition coefficient (Wildman–Crippen LogP) is 5.64. The SMILES string of the molecule is COc1ccc(/C=C\C(=O)ON=Cc2ccccc2OCc2ccc(Br)cc2)cc1OC. The summed E-state index contributed by atoms with van der Waals surface area (Å²) in [6.45, 7) is 0.409. The van der Waals surface area contributed by atoms with Crippen molar-refractivity contribution in [1.29, 1.82) is 0 Å². The summed E-state index contributed by atoms with van der Waals surface area (Å²) in [5, 5.41) is 3.79. The Morgan fingerprint density at radius 1 is 0.938 bits per heavy atom. The summed E-state index contributed by atoms with van der Waals surface area (Å²) in [6.07, 6.45) is 4.34. The van der Waals surface area contributed by atoms with Gasteiger partial charge in [0.05, 0.1) is 20.4 Å². The van der Waals surface area contributed by atoms with Crippen molar-refractivity contribution in [3.8, 4) is 17.2 Å². The molecule has 0 radical (unpaired) electrons. The number of carbonyl (C=O) groups is 1. The summed E-state index contributed by atoms with van der Waals surface area (Å²) in [5.41, 5.74) is 2.49. The lowest BCUT2D eigenvalue weighted by molar-refractivity contribution is -0.137. The maximum absolute atomic E-state index is 12.0. The Labute approximate surface area is 195 Å².